The SMILES string of the molecule is Cc1ccc(C(=O)N(CCNC(=O)c2ccc(F)cc2)c2ccc(F)cc2)cc1. The van der Waals surface area contributed by atoms with Gasteiger partial charge in [-0.2, -0.15) is 0 Å². The van der Waals surface area contributed by atoms with Crippen LogP contribution in [-0.2, 0) is 0 Å². The van der Waals surface area contributed by atoms with Crippen molar-refractivity contribution in [1.82, 2.24) is 5.32 Å². The van der Waals surface area contributed by atoms with Gasteiger partial charge >= 0.3 is 0 Å². The van der Waals surface area contributed by atoms with Gasteiger partial charge in [0.1, 0.15) is 11.6 Å². The molecule has 3 rings (SSSR count). The van der Waals surface area contributed by atoms with E-state index in [1.807, 2.05) is 19.1 Å². The summed E-state index contributed by atoms with van der Waals surface area (Å²) < 4.78 is 26.3. The summed E-state index contributed by atoms with van der Waals surface area (Å²) in [4.78, 5) is 26.7. The molecule has 6 heteroatoms. The molecule has 0 bridgehead atoms. The van der Waals surface area contributed by atoms with Gasteiger partial charge in [-0.05, 0) is 67.6 Å². The molecule has 3 aromatic carbocycles. The minimum atomic E-state index is -0.423. The van der Waals surface area contributed by atoms with Crippen molar-refractivity contribution in [3.63, 3.8) is 0 Å². The number of aryl methyl sites for hydroxylation is 1. The van der Waals surface area contributed by atoms with Gasteiger partial charge in [-0.15, -0.1) is 0 Å². The zero-order chi connectivity index (χ0) is 20.8. The minimum Gasteiger partial charge on any atom is -0.350 e. The lowest BCUT2D eigenvalue weighted by Gasteiger charge is -2.23. The van der Waals surface area contributed by atoms with E-state index in [9.17, 15) is 18.4 Å². The van der Waals surface area contributed by atoms with E-state index >= 15 is 0 Å². The fraction of sp³-hybridized carbons (Fsp3) is 0.130. The highest BCUT2D eigenvalue weighted by Crippen LogP contribution is 2.18. The van der Waals surface area contributed by atoms with E-state index in [0.717, 1.165) is 5.56 Å². The van der Waals surface area contributed by atoms with Crippen LogP contribution in [0.5, 0.6) is 0 Å². The monoisotopic (exact) mass is 394 g/mol. The molecule has 0 atom stereocenters. The van der Waals surface area contributed by atoms with Crippen molar-refractivity contribution in [2.45, 2.75) is 6.92 Å². The van der Waals surface area contributed by atoms with Crippen LogP contribution in [0.15, 0.2) is 72.8 Å². The molecule has 0 radical (unpaired) electrons. The topological polar surface area (TPSA) is 49.4 Å². The Bertz CT molecular complexity index is 985. The summed E-state index contributed by atoms with van der Waals surface area (Å²) in [5, 5.41) is 2.72. The molecule has 3 aromatic rings. The molecule has 1 N–H and O–H groups in total. The fourth-order valence-electron chi connectivity index (χ4n) is 2.81. The molecule has 0 fully saturated rings. The average molecular weight is 394 g/mol. The van der Waals surface area contributed by atoms with Gasteiger partial charge < -0.3 is 10.2 Å². The van der Waals surface area contributed by atoms with Gasteiger partial charge in [0.05, 0.1) is 0 Å². The minimum absolute atomic E-state index is 0.172. The summed E-state index contributed by atoms with van der Waals surface area (Å²) in [5.74, 6) is -1.45. The Labute approximate surface area is 167 Å². The summed E-state index contributed by atoms with van der Waals surface area (Å²) in [6.07, 6.45) is 0. The van der Waals surface area contributed by atoms with Crippen LogP contribution in [-0.4, -0.2) is 24.9 Å². The van der Waals surface area contributed by atoms with Crippen molar-refractivity contribution in [3.8, 4) is 0 Å². The standard InChI is InChI=1S/C23H20F2N2O2/c1-16-2-4-18(5-3-16)23(29)27(21-12-10-20(25)11-13-21)15-14-26-22(28)17-6-8-19(24)9-7-17/h2-13H,14-15H2,1H3,(H,26,28). The van der Waals surface area contributed by atoms with Crippen LogP contribution < -0.4 is 10.2 Å². The van der Waals surface area contributed by atoms with Gasteiger partial charge in [-0.25, -0.2) is 8.78 Å². The third kappa shape index (κ3) is 5.25. The summed E-state index contributed by atoms with van der Waals surface area (Å²) in [7, 11) is 0. The van der Waals surface area contributed by atoms with Crippen LogP contribution >= 0.6 is 0 Å². The molecule has 0 aromatic heterocycles. The van der Waals surface area contributed by atoms with Gasteiger partial charge in [0.2, 0.25) is 0 Å². The van der Waals surface area contributed by atoms with Crippen LogP contribution in [0.3, 0.4) is 0 Å². The van der Waals surface area contributed by atoms with E-state index in [2.05, 4.69) is 5.32 Å². The molecule has 0 unspecified atom stereocenters. The number of carbonyl (C=O) groups is 2. The van der Waals surface area contributed by atoms with Crippen LogP contribution in [0.25, 0.3) is 0 Å². The normalized spacial score (nSPS) is 10.4. The third-order valence-corrected chi connectivity index (χ3v) is 4.41. The van der Waals surface area contributed by atoms with Crippen LogP contribution in [0.4, 0.5) is 14.5 Å². The highest BCUT2D eigenvalue weighted by atomic mass is 19.1. The Kier molecular flexibility index (Phi) is 6.34. The van der Waals surface area contributed by atoms with Crippen molar-refractivity contribution in [2.24, 2.45) is 0 Å². The zero-order valence-electron chi connectivity index (χ0n) is 15.9. The molecule has 148 valence electrons. The molecular weight excluding hydrogens is 374 g/mol. The number of rotatable bonds is 6. The van der Waals surface area contributed by atoms with Crippen LogP contribution in [0.1, 0.15) is 26.3 Å². The fourth-order valence-corrected chi connectivity index (χ4v) is 2.81. The smallest absolute Gasteiger partial charge is 0.258 e. The third-order valence-electron chi connectivity index (χ3n) is 4.41. The zero-order valence-corrected chi connectivity index (χ0v) is 15.9. The molecule has 2 amide bonds. The maximum atomic E-state index is 13.3. The molecule has 0 saturated heterocycles. The van der Waals surface area contributed by atoms with Crippen molar-refractivity contribution in [2.75, 3.05) is 18.0 Å². The molecule has 4 nitrogen and oxygen atoms in total. The second kappa shape index (κ2) is 9.10. The largest absolute Gasteiger partial charge is 0.350 e. The second-order valence-electron chi connectivity index (χ2n) is 6.56. The quantitative estimate of drug-likeness (QED) is 0.676. The number of nitrogens with one attached hydrogen (secondary N) is 1. The predicted octanol–water partition coefficient (Wildman–Crippen LogP) is 4.35. The molecular formula is C23H20F2N2O2. The lowest BCUT2D eigenvalue weighted by Crippen LogP contribution is -2.38. The number of nitrogens with zero attached hydrogens (tertiary/aromatic N) is 1. The molecule has 29 heavy (non-hydrogen) atoms. The van der Waals surface area contributed by atoms with Gasteiger partial charge in [0.15, 0.2) is 0 Å². The number of carbonyl (C=O) groups excluding carboxylic acids is 2. The van der Waals surface area contributed by atoms with Gasteiger partial charge in [0, 0.05) is 29.9 Å². The summed E-state index contributed by atoms with van der Waals surface area (Å²) >= 11 is 0. The first kappa shape index (κ1) is 20.2. The first-order chi connectivity index (χ1) is 13.9. The number of anilines is 1. The van der Waals surface area contributed by atoms with Crippen molar-refractivity contribution in [3.05, 3.63) is 101 Å². The average Bonchev–Trinajstić information content (AvgIpc) is 2.72. The van der Waals surface area contributed by atoms with E-state index < -0.39 is 11.6 Å². The maximum absolute atomic E-state index is 13.3. The first-order valence-corrected chi connectivity index (χ1v) is 9.12. The van der Waals surface area contributed by atoms with Gasteiger partial charge in [0.25, 0.3) is 11.8 Å². The lowest BCUT2D eigenvalue weighted by atomic mass is 10.1. The van der Waals surface area contributed by atoms with E-state index in [-0.39, 0.29) is 24.9 Å². The van der Waals surface area contributed by atoms with Crippen molar-refractivity contribution < 1.29 is 18.4 Å². The Morgan fingerprint density at radius 1 is 0.793 bits per heavy atom. The Morgan fingerprint density at radius 2 is 1.31 bits per heavy atom. The molecule has 0 heterocycles. The number of hydrogen-bond donors (Lipinski definition) is 1. The van der Waals surface area contributed by atoms with E-state index in [4.69, 9.17) is 0 Å². The van der Waals surface area contributed by atoms with Crippen molar-refractivity contribution >= 4 is 17.5 Å². The number of amides is 2. The number of hydrogen-bond acceptors (Lipinski definition) is 2. The molecule has 0 spiro atoms. The molecule has 0 saturated carbocycles. The Hall–Kier alpha value is -3.54. The maximum Gasteiger partial charge on any atom is 0.258 e. The van der Waals surface area contributed by atoms with Crippen molar-refractivity contribution in [1.29, 1.82) is 0 Å². The number of halogens is 2. The Balaban J connectivity index is 1.73. The Morgan fingerprint density at radius 3 is 1.90 bits per heavy atom. The van der Waals surface area contributed by atoms with E-state index in [1.54, 1.807) is 12.1 Å². The number of benzene rings is 3. The van der Waals surface area contributed by atoms with Crippen LogP contribution in [0, 0.1) is 18.6 Å². The molecule has 0 aliphatic carbocycles. The molecule has 0 aliphatic heterocycles. The first-order valence-electron chi connectivity index (χ1n) is 9.12. The highest BCUT2D eigenvalue weighted by Gasteiger charge is 2.18. The van der Waals surface area contributed by atoms with E-state index in [0.29, 0.717) is 16.8 Å². The summed E-state index contributed by atoms with van der Waals surface area (Å²) in [6, 6.07) is 17.9. The summed E-state index contributed by atoms with van der Waals surface area (Å²) in [5.41, 5.74) is 2.36. The van der Waals surface area contributed by atoms with Crippen LogP contribution in [0.2, 0.25) is 0 Å². The van der Waals surface area contributed by atoms with E-state index in [1.165, 1.54) is 53.4 Å². The lowest BCUT2D eigenvalue weighted by molar-refractivity contribution is 0.0943. The highest BCUT2D eigenvalue weighted by molar-refractivity contribution is 6.06. The second-order valence-corrected chi connectivity index (χ2v) is 6.56. The predicted molar refractivity (Wildman–Crippen MR) is 108 cm³/mol. The molecule has 0 aliphatic rings. The van der Waals surface area contributed by atoms with Gasteiger partial charge in [-0.1, -0.05) is 17.7 Å². The summed E-state index contributed by atoms with van der Waals surface area (Å²) in [6.45, 7) is 2.29. The van der Waals surface area contributed by atoms with Gasteiger partial charge in [-0.3, -0.25) is 9.59 Å².